The summed E-state index contributed by atoms with van der Waals surface area (Å²) >= 11 is 0. The van der Waals surface area contributed by atoms with Gasteiger partial charge in [0, 0.05) is 19.7 Å². The van der Waals surface area contributed by atoms with Crippen molar-refractivity contribution in [3.05, 3.63) is 0 Å². The summed E-state index contributed by atoms with van der Waals surface area (Å²) in [6.45, 7) is 4.10. The second kappa shape index (κ2) is 5.15. The number of ether oxygens (including phenoxy) is 1. The number of likely N-dealkylation sites (tertiary alicyclic amines) is 1. The van der Waals surface area contributed by atoms with Crippen molar-refractivity contribution in [1.29, 1.82) is 0 Å². The highest BCUT2D eigenvalue weighted by molar-refractivity contribution is 5.76. The Morgan fingerprint density at radius 1 is 1.50 bits per heavy atom. The van der Waals surface area contributed by atoms with Crippen LogP contribution in [-0.4, -0.2) is 47.8 Å². The molecule has 1 N–H and O–H groups in total. The molecule has 0 aromatic rings. The van der Waals surface area contributed by atoms with Gasteiger partial charge in [0.05, 0.1) is 18.6 Å². The van der Waals surface area contributed by atoms with Gasteiger partial charge in [0.1, 0.15) is 0 Å². The van der Waals surface area contributed by atoms with Gasteiger partial charge in [-0.25, -0.2) is 0 Å². The molecule has 2 aliphatic heterocycles. The summed E-state index contributed by atoms with van der Waals surface area (Å²) < 4.78 is 5.45. The number of β-amino-alcohol motifs (C(OH)–C–C–N with tert-alkyl or cyclic N) is 1. The van der Waals surface area contributed by atoms with E-state index < -0.39 is 0 Å². The SMILES string of the molecule is CC1CCN(C(=O)CC2CCCO2)CC1O. The fraction of sp³-hybridized carbons (Fsp3) is 0.917. The first-order chi connectivity index (χ1) is 7.66. The van der Waals surface area contributed by atoms with Gasteiger partial charge in [-0.1, -0.05) is 6.92 Å². The number of aliphatic hydroxyl groups excluding tert-OH is 1. The van der Waals surface area contributed by atoms with E-state index in [4.69, 9.17) is 4.74 Å². The smallest absolute Gasteiger partial charge is 0.225 e. The van der Waals surface area contributed by atoms with Crippen molar-refractivity contribution in [2.45, 2.75) is 44.8 Å². The molecule has 3 unspecified atom stereocenters. The molecule has 0 bridgehead atoms. The van der Waals surface area contributed by atoms with Crippen molar-refractivity contribution in [3.63, 3.8) is 0 Å². The third kappa shape index (κ3) is 2.74. The molecule has 2 rings (SSSR count). The van der Waals surface area contributed by atoms with Crippen molar-refractivity contribution >= 4 is 5.91 Å². The first kappa shape index (κ1) is 11.9. The van der Waals surface area contributed by atoms with Crippen LogP contribution in [0.5, 0.6) is 0 Å². The second-order valence-electron chi connectivity index (χ2n) is 5.01. The number of aliphatic hydroxyl groups is 1. The average Bonchev–Trinajstić information content (AvgIpc) is 2.74. The fourth-order valence-electron chi connectivity index (χ4n) is 2.40. The Labute approximate surface area is 96.6 Å². The number of hydrogen-bond acceptors (Lipinski definition) is 3. The van der Waals surface area contributed by atoms with Gasteiger partial charge in [0.25, 0.3) is 0 Å². The molecule has 0 radical (unpaired) electrons. The van der Waals surface area contributed by atoms with E-state index in [0.29, 0.717) is 18.9 Å². The number of amides is 1. The summed E-state index contributed by atoms with van der Waals surface area (Å²) in [6.07, 6.45) is 3.21. The molecule has 2 aliphatic rings. The Morgan fingerprint density at radius 2 is 2.31 bits per heavy atom. The zero-order valence-electron chi connectivity index (χ0n) is 9.89. The maximum absolute atomic E-state index is 11.9. The first-order valence-corrected chi connectivity index (χ1v) is 6.24. The summed E-state index contributed by atoms with van der Waals surface area (Å²) in [5.74, 6) is 0.449. The van der Waals surface area contributed by atoms with Gasteiger partial charge in [0.2, 0.25) is 5.91 Å². The minimum Gasteiger partial charge on any atom is -0.391 e. The number of carbonyl (C=O) groups is 1. The van der Waals surface area contributed by atoms with Gasteiger partial charge in [-0.2, -0.15) is 0 Å². The molecule has 4 heteroatoms. The van der Waals surface area contributed by atoms with Crippen LogP contribution in [0, 0.1) is 5.92 Å². The molecule has 0 aromatic carbocycles. The lowest BCUT2D eigenvalue weighted by molar-refractivity contribution is -0.137. The monoisotopic (exact) mass is 227 g/mol. The summed E-state index contributed by atoms with van der Waals surface area (Å²) in [4.78, 5) is 13.7. The van der Waals surface area contributed by atoms with Crippen molar-refractivity contribution < 1.29 is 14.6 Å². The minimum absolute atomic E-state index is 0.115. The van der Waals surface area contributed by atoms with Crippen LogP contribution >= 0.6 is 0 Å². The van der Waals surface area contributed by atoms with Crippen LogP contribution in [0.25, 0.3) is 0 Å². The zero-order chi connectivity index (χ0) is 11.5. The van der Waals surface area contributed by atoms with E-state index in [1.807, 2.05) is 6.92 Å². The lowest BCUT2D eigenvalue weighted by Gasteiger charge is -2.34. The molecule has 0 saturated carbocycles. The Bertz CT molecular complexity index is 251. The zero-order valence-corrected chi connectivity index (χ0v) is 9.89. The molecule has 2 fully saturated rings. The quantitative estimate of drug-likeness (QED) is 0.758. The average molecular weight is 227 g/mol. The summed E-state index contributed by atoms with van der Waals surface area (Å²) in [5, 5.41) is 9.73. The molecule has 0 aliphatic carbocycles. The third-order valence-corrected chi connectivity index (χ3v) is 3.70. The van der Waals surface area contributed by atoms with Crippen LogP contribution in [0.4, 0.5) is 0 Å². The number of piperidine rings is 1. The number of nitrogens with zero attached hydrogens (tertiary/aromatic N) is 1. The maximum Gasteiger partial charge on any atom is 0.225 e. The fourth-order valence-corrected chi connectivity index (χ4v) is 2.40. The normalized spacial score (nSPS) is 35.4. The van der Waals surface area contributed by atoms with Gasteiger partial charge >= 0.3 is 0 Å². The first-order valence-electron chi connectivity index (χ1n) is 6.24. The number of rotatable bonds is 2. The predicted molar refractivity (Wildman–Crippen MR) is 60.0 cm³/mol. The van der Waals surface area contributed by atoms with Crippen LogP contribution in [0.2, 0.25) is 0 Å². The Balaban J connectivity index is 1.80. The third-order valence-electron chi connectivity index (χ3n) is 3.70. The van der Waals surface area contributed by atoms with Gasteiger partial charge < -0.3 is 14.7 Å². The highest BCUT2D eigenvalue weighted by Gasteiger charge is 2.29. The van der Waals surface area contributed by atoms with Crippen LogP contribution in [-0.2, 0) is 9.53 Å². The minimum atomic E-state index is -0.359. The molecular weight excluding hydrogens is 206 g/mol. The van der Waals surface area contributed by atoms with E-state index in [0.717, 1.165) is 32.4 Å². The van der Waals surface area contributed by atoms with Crippen LogP contribution < -0.4 is 0 Å². The van der Waals surface area contributed by atoms with E-state index in [1.165, 1.54) is 0 Å². The summed E-state index contributed by atoms with van der Waals surface area (Å²) in [6, 6.07) is 0. The highest BCUT2D eigenvalue weighted by Crippen LogP contribution is 2.20. The van der Waals surface area contributed by atoms with E-state index in [-0.39, 0.29) is 18.1 Å². The molecule has 16 heavy (non-hydrogen) atoms. The van der Waals surface area contributed by atoms with Crippen molar-refractivity contribution in [3.8, 4) is 0 Å². The molecule has 0 aromatic heterocycles. The standard InChI is InChI=1S/C12H21NO3/c1-9-4-5-13(8-11(9)14)12(15)7-10-3-2-6-16-10/h9-11,14H,2-8H2,1H3. The molecule has 2 saturated heterocycles. The van der Waals surface area contributed by atoms with E-state index in [9.17, 15) is 9.90 Å². The number of carbonyl (C=O) groups excluding carboxylic acids is 1. The summed E-state index contributed by atoms with van der Waals surface area (Å²) in [7, 11) is 0. The molecular formula is C12H21NO3. The Hall–Kier alpha value is -0.610. The van der Waals surface area contributed by atoms with Crippen molar-refractivity contribution in [2.75, 3.05) is 19.7 Å². The highest BCUT2D eigenvalue weighted by atomic mass is 16.5. The van der Waals surface area contributed by atoms with E-state index >= 15 is 0 Å². The van der Waals surface area contributed by atoms with Crippen LogP contribution in [0.1, 0.15) is 32.6 Å². The molecule has 0 spiro atoms. The molecule has 3 atom stereocenters. The number of hydrogen-bond donors (Lipinski definition) is 1. The van der Waals surface area contributed by atoms with Gasteiger partial charge in [-0.05, 0) is 25.2 Å². The van der Waals surface area contributed by atoms with Gasteiger partial charge in [-0.3, -0.25) is 4.79 Å². The molecule has 92 valence electrons. The molecule has 4 nitrogen and oxygen atoms in total. The topological polar surface area (TPSA) is 49.8 Å². The molecule has 1 amide bonds. The largest absolute Gasteiger partial charge is 0.391 e. The van der Waals surface area contributed by atoms with Gasteiger partial charge in [0.15, 0.2) is 0 Å². The van der Waals surface area contributed by atoms with E-state index in [2.05, 4.69) is 0 Å². The van der Waals surface area contributed by atoms with Crippen LogP contribution in [0.3, 0.4) is 0 Å². The second-order valence-corrected chi connectivity index (χ2v) is 5.01. The lowest BCUT2D eigenvalue weighted by atomic mass is 9.95. The molecule has 2 heterocycles. The van der Waals surface area contributed by atoms with Crippen LogP contribution in [0.15, 0.2) is 0 Å². The predicted octanol–water partition coefficient (Wildman–Crippen LogP) is 0.785. The Kier molecular flexibility index (Phi) is 3.82. The van der Waals surface area contributed by atoms with Crippen molar-refractivity contribution in [1.82, 2.24) is 4.90 Å². The summed E-state index contributed by atoms with van der Waals surface area (Å²) in [5.41, 5.74) is 0. The maximum atomic E-state index is 11.9. The van der Waals surface area contributed by atoms with E-state index in [1.54, 1.807) is 4.90 Å². The van der Waals surface area contributed by atoms with Crippen molar-refractivity contribution in [2.24, 2.45) is 5.92 Å². The van der Waals surface area contributed by atoms with Gasteiger partial charge in [-0.15, -0.1) is 0 Å². The Morgan fingerprint density at radius 3 is 2.94 bits per heavy atom. The lowest BCUT2D eigenvalue weighted by Crippen LogP contribution is -2.46.